The summed E-state index contributed by atoms with van der Waals surface area (Å²) in [7, 11) is -0.735. The Bertz CT molecular complexity index is 1110. The standard InChI is InChI=1S/C17H25N4O13P/c1-20(17(29)31-2)14(27)13(35(30,32-3)33-4)19-12(26)10(25)11-8(23)9(24)15(34-11)21-6-5-7(22)18-16(21)28/h5-6,8-11,13,15,23-25H,1-4H3,(H,19,26)(H,18,22,28)/t8-,9+,10?,11-,13?,15+/m0/s1. The largest absolute Gasteiger partial charge is 0.452 e. The third-order valence-corrected chi connectivity index (χ3v) is 7.10. The molecule has 0 aliphatic carbocycles. The van der Waals surface area contributed by atoms with E-state index < -0.39 is 73.2 Å². The number of nitrogens with one attached hydrogen (secondary N) is 2. The third kappa shape index (κ3) is 5.67. The molecule has 1 fully saturated rings. The van der Waals surface area contributed by atoms with E-state index in [0.717, 1.165) is 40.6 Å². The molecule has 0 spiro atoms. The molecule has 6 atom stereocenters. The molecule has 1 saturated heterocycles. The van der Waals surface area contributed by atoms with E-state index in [1.165, 1.54) is 0 Å². The number of likely N-dealkylation sites (N-methyl/N-ethyl adjacent to an activating group) is 1. The number of ether oxygens (including phenoxy) is 2. The highest BCUT2D eigenvalue weighted by atomic mass is 31.2. The molecule has 18 heteroatoms. The molecular weight excluding hydrogens is 499 g/mol. The van der Waals surface area contributed by atoms with Gasteiger partial charge in [0.05, 0.1) is 7.11 Å². The Morgan fingerprint density at radius 1 is 1.20 bits per heavy atom. The number of carbonyl (C=O) groups is 3. The minimum absolute atomic E-state index is 0.366. The van der Waals surface area contributed by atoms with Crippen LogP contribution in [0.15, 0.2) is 21.9 Å². The van der Waals surface area contributed by atoms with Gasteiger partial charge in [0, 0.05) is 33.5 Å². The number of methoxy groups -OCH3 is 1. The summed E-state index contributed by atoms with van der Waals surface area (Å²) in [5.41, 5.74) is -1.76. The van der Waals surface area contributed by atoms with Crippen LogP contribution < -0.4 is 16.6 Å². The lowest BCUT2D eigenvalue weighted by Crippen LogP contribution is -2.54. The Hall–Kier alpha value is -2.92. The van der Waals surface area contributed by atoms with Gasteiger partial charge in [-0.05, 0) is 0 Å². The van der Waals surface area contributed by atoms with E-state index >= 15 is 0 Å². The molecule has 2 heterocycles. The van der Waals surface area contributed by atoms with Crippen LogP contribution in [0.3, 0.4) is 0 Å². The number of hydrogen-bond donors (Lipinski definition) is 5. The summed E-state index contributed by atoms with van der Waals surface area (Å²) < 4.78 is 32.7. The van der Waals surface area contributed by atoms with Crippen molar-refractivity contribution in [3.63, 3.8) is 0 Å². The second-order valence-electron chi connectivity index (χ2n) is 7.12. The van der Waals surface area contributed by atoms with Crippen molar-refractivity contribution in [2.24, 2.45) is 0 Å². The van der Waals surface area contributed by atoms with Gasteiger partial charge in [-0.25, -0.2) is 14.5 Å². The first-order valence-corrected chi connectivity index (χ1v) is 11.3. The first-order chi connectivity index (χ1) is 16.3. The van der Waals surface area contributed by atoms with Crippen molar-refractivity contribution in [1.29, 1.82) is 0 Å². The zero-order chi connectivity index (χ0) is 26.7. The van der Waals surface area contributed by atoms with Gasteiger partial charge >= 0.3 is 19.4 Å². The van der Waals surface area contributed by atoms with E-state index in [0.29, 0.717) is 9.47 Å². The van der Waals surface area contributed by atoms with E-state index in [1.54, 1.807) is 0 Å². The summed E-state index contributed by atoms with van der Waals surface area (Å²) in [6, 6.07) is 0.932. The number of aliphatic hydroxyl groups excluding tert-OH is 3. The van der Waals surface area contributed by atoms with Gasteiger partial charge in [-0.2, -0.15) is 0 Å². The third-order valence-electron chi connectivity index (χ3n) is 5.10. The maximum absolute atomic E-state index is 12.9. The highest BCUT2D eigenvalue weighted by molar-refractivity contribution is 7.55. The number of aromatic amines is 1. The lowest BCUT2D eigenvalue weighted by Gasteiger charge is -2.28. The van der Waals surface area contributed by atoms with Crippen LogP contribution in [0.4, 0.5) is 4.79 Å². The number of H-pyrrole nitrogens is 1. The van der Waals surface area contributed by atoms with Crippen LogP contribution in [0.2, 0.25) is 0 Å². The number of amides is 3. The van der Waals surface area contributed by atoms with Gasteiger partial charge in [0.15, 0.2) is 12.3 Å². The number of nitrogens with zero attached hydrogens (tertiary/aromatic N) is 2. The van der Waals surface area contributed by atoms with Crippen LogP contribution in [0, 0.1) is 0 Å². The SMILES string of the molecule is COC(=O)N(C)C(=O)C(NC(=O)C(O)[C@H]1O[C@@H](n2ccc(=O)[nH]c2=O)[C@H](O)[C@@H]1O)P(=O)(OC)OC. The molecule has 1 aliphatic heterocycles. The maximum Gasteiger partial charge on any atom is 0.416 e. The molecule has 35 heavy (non-hydrogen) atoms. The lowest BCUT2D eigenvalue weighted by molar-refractivity contribution is -0.146. The maximum atomic E-state index is 12.9. The second kappa shape index (κ2) is 11.2. The Morgan fingerprint density at radius 2 is 1.80 bits per heavy atom. The van der Waals surface area contributed by atoms with Crippen LogP contribution in [-0.2, 0) is 32.7 Å². The summed E-state index contributed by atoms with van der Waals surface area (Å²) in [5.74, 6) is -4.89. The van der Waals surface area contributed by atoms with Crippen molar-refractivity contribution in [2.75, 3.05) is 28.4 Å². The van der Waals surface area contributed by atoms with Gasteiger partial charge in [-0.3, -0.25) is 28.5 Å². The molecule has 5 N–H and O–H groups in total. The molecule has 0 saturated carbocycles. The molecule has 196 valence electrons. The quantitative estimate of drug-likeness (QED) is 0.210. The minimum atomic E-state index is -4.45. The number of hydrogen-bond acceptors (Lipinski definition) is 13. The molecule has 17 nitrogen and oxygen atoms in total. The van der Waals surface area contributed by atoms with Crippen molar-refractivity contribution in [2.45, 2.75) is 36.4 Å². The number of rotatable bonds is 8. The monoisotopic (exact) mass is 524 g/mol. The van der Waals surface area contributed by atoms with E-state index in [9.17, 15) is 43.9 Å². The van der Waals surface area contributed by atoms with Crippen molar-refractivity contribution < 1.29 is 52.8 Å². The predicted octanol–water partition coefficient (Wildman–Crippen LogP) is -3.33. The number of aliphatic hydroxyl groups is 3. The molecule has 0 bridgehead atoms. The van der Waals surface area contributed by atoms with Crippen LogP contribution in [0.5, 0.6) is 0 Å². The molecule has 0 aromatic carbocycles. The molecule has 2 unspecified atom stereocenters. The molecule has 3 amide bonds. The Labute approximate surface area is 196 Å². The van der Waals surface area contributed by atoms with Crippen LogP contribution in [-0.4, -0.2) is 106 Å². The van der Waals surface area contributed by atoms with E-state index in [1.807, 2.05) is 10.3 Å². The normalized spacial score (nSPS) is 23.9. The molecule has 1 aromatic heterocycles. The summed E-state index contributed by atoms with van der Waals surface area (Å²) in [6.07, 6.45) is -9.76. The van der Waals surface area contributed by atoms with E-state index in [-0.39, 0.29) is 0 Å². The minimum Gasteiger partial charge on any atom is -0.452 e. The summed E-state index contributed by atoms with van der Waals surface area (Å²) in [6.45, 7) is 0. The number of aromatic nitrogens is 2. The van der Waals surface area contributed by atoms with Gasteiger partial charge in [0.1, 0.15) is 18.3 Å². The van der Waals surface area contributed by atoms with Crippen LogP contribution in [0.1, 0.15) is 6.23 Å². The van der Waals surface area contributed by atoms with E-state index in [4.69, 9.17) is 13.8 Å². The highest BCUT2D eigenvalue weighted by Gasteiger charge is 2.51. The summed E-state index contributed by atoms with van der Waals surface area (Å²) in [4.78, 5) is 62.6. The van der Waals surface area contributed by atoms with Gasteiger partial charge in [-0.15, -0.1) is 0 Å². The van der Waals surface area contributed by atoms with E-state index in [2.05, 4.69) is 4.74 Å². The van der Waals surface area contributed by atoms with Crippen molar-refractivity contribution in [3.8, 4) is 0 Å². The van der Waals surface area contributed by atoms with Crippen LogP contribution >= 0.6 is 7.60 Å². The first-order valence-electron chi connectivity index (χ1n) is 9.71. The van der Waals surface area contributed by atoms with Gasteiger partial charge in [-0.1, -0.05) is 0 Å². The fourth-order valence-electron chi connectivity index (χ4n) is 3.15. The fraction of sp³-hybridized carbons (Fsp3) is 0.588. The highest BCUT2D eigenvalue weighted by Crippen LogP contribution is 2.51. The predicted molar refractivity (Wildman–Crippen MR) is 112 cm³/mol. The zero-order valence-electron chi connectivity index (χ0n) is 18.9. The summed E-state index contributed by atoms with van der Waals surface area (Å²) >= 11 is 0. The molecule has 2 rings (SSSR count). The Balaban J connectivity index is 2.30. The van der Waals surface area contributed by atoms with Gasteiger partial charge < -0.3 is 39.2 Å². The van der Waals surface area contributed by atoms with Gasteiger partial charge in [0.2, 0.25) is 5.78 Å². The zero-order valence-corrected chi connectivity index (χ0v) is 19.8. The summed E-state index contributed by atoms with van der Waals surface area (Å²) in [5, 5.41) is 33.0. The average molecular weight is 524 g/mol. The van der Waals surface area contributed by atoms with Crippen molar-refractivity contribution in [3.05, 3.63) is 33.1 Å². The Kier molecular flexibility index (Phi) is 9.07. The topological polar surface area (TPSA) is 236 Å². The molecule has 1 aromatic rings. The average Bonchev–Trinajstić information content (AvgIpc) is 3.13. The van der Waals surface area contributed by atoms with Crippen LogP contribution in [0.25, 0.3) is 0 Å². The Morgan fingerprint density at radius 3 is 2.31 bits per heavy atom. The van der Waals surface area contributed by atoms with Crippen molar-refractivity contribution >= 4 is 25.5 Å². The first kappa shape index (κ1) is 28.3. The lowest BCUT2D eigenvalue weighted by atomic mass is 10.0. The fourth-order valence-corrected chi connectivity index (χ4v) is 4.44. The molecular formula is C17H25N4O13P. The molecule has 1 aliphatic rings. The number of carbonyl (C=O) groups excluding carboxylic acids is 3. The van der Waals surface area contributed by atoms with Gasteiger partial charge in [0.25, 0.3) is 17.4 Å². The smallest absolute Gasteiger partial charge is 0.416 e. The van der Waals surface area contributed by atoms with Crippen molar-refractivity contribution in [1.82, 2.24) is 19.8 Å². The second-order valence-corrected chi connectivity index (χ2v) is 9.44. The molecule has 0 radical (unpaired) electrons. The number of imide groups is 1.